The normalized spacial score (nSPS) is 18.8. The maximum Gasteiger partial charge on any atom is 0.150 e. The summed E-state index contributed by atoms with van der Waals surface area (Å²) < 4.78 is 34.0. The van der Waals surface area contributed by atoms with Crippen molar-refractivity contribution in [2.45, 2.75) is 32.3 Å². The highest BCUT2D eigenvalue weighted by Gasteiger charge is 2.25. The summed E-state index contributed by atoms with van der Waals surface area (Å²) in [5.41, 5.74) is 5.28. The number of piperidine rings is 1. The summed E-state index contributed by atoms with van der Waals surface area (Å²) in [7, 11) is 0. The Morgan fingerprint density at radius 3 is 2.67 bits per heavy atom. The van der Waals surface area contributed by atoms with Crippen LogP contribution in [0.5, 0.6) is 0 Å². The van der Waals surface area contributed by atoms with Gasteiger partial charge >= 0.3 is 0 Å². The second-order valence-corrected chi connectivity index (χ2v) is 5.28. The monoisotopic (exact) mass is 297 g/mol. The van der Waals surface area contributed by atoms with E-state index in [-0.39, 0.29) is 23.2 Å². The molecule has 4 nitrogen and oxygen atoms in total. The number of nitrogen functional groups attached to an aromatic ring is 1. The molecule has 1 unspecified atom stereocenters. The molecule has 1 aromatic rings. The van der Waals surface area contributed by atoms with Crippen LogP contribution in [-0.2, 0) is 4.74 Å². The minimum absolute atomic E-state index is 0.00461. The highest BCUT2D eigenvalue weighted by molar-refractivity contribution is 5.95. The van der Waals surface area contributed by atoms with Gasteiger partial charge in [-0.2, -0.15) is 0 Å². The molecule has 1 aliphatic rings. The van der Waals surface area contributed by atoms with E-state index in [0.29, 0.717) is 19.7 Å². The molecular formula is C15H21F2N3O. The second-order valence-electron chi connectivity index (χ2n) is 5.28. The molecule has 0 aliphatic carbocycles. The minimum atomic E-state index is -0.684. The molecule has 0 spiro atoms. The summed E-state index contributed by atoms with van der Waals surface area (Å²) in [5.74, 6) is -1.71. The number of anilines is 1. The Morgan fingerprint density at radius 1 is 1.43 bits per heavy atom. The van der Waals surface area contributed by atoms with E-state index in [1.54, 1.807) is 4.90 Å². The molecule has 1 saturated heterocycles. The molecule has 21 heavy (non-hydrogen) atoms. The Labute approximate surface area is 123 Å². The molecule has 1 aliphatic heterocycles. The average molecular weight is 297 g/mol. The Balaban J connectivity index is 2.19. The molecule has 1 aromatic carbocycles. The summed E-state index contributed by atoms with van der Waals surface area (Å²) in [5, 5.41) is 7.26. The van der Waals surface area contributed by atoms with Gasteiger partial charge < -0.3 is 15.4 Å². The maximum absolute atomic E-state index is 14.2. The van der Waals surface area contributed by atoms with Gasteiger partial charge in [0.1, 0.15) is 23.2 Å². The molecule has 3 N–H and O–H groups in total. The van der Waals surface area contributed by atoms with Crippen molar-refractivity contribution in [1.29, 1.82) is 5.41 Å². The lowest BCUT2D eigenvalue weighted by atomic mass is 10.1. The number of nitrogens with zero attached hydrogens (tertiary/aromatic N) is 1. The van der Waals surface area contributed by atoms with Crippen LogP contribution in [0.1, 0.15) is 31.7 Å². The number of hydrogen-bond donors (Lipinski definition) is 2. The molecule has 0 radical (unpaired) electrons. The molecule has 0 aromatic heterocycles. The SMILES string of the molecule is CCCOC1CCCN(c2c(F)cc(C(=N)N)cc2F)C1. The van der Waals surface area contributed by atoms with Crippen molar-refractivity contribution in [2.24, 2.45) is 5.73 Å². The van der Waals surface area contributed by atoms with Crippen LogP contribution in [0.4, 0.5) is 14.5 Å². The number of halogens is 2. The van der Waals surface area contributed by atoms with Gasteiger partial charge in [-0.25, -0.2) is 8.78 Å². The van der Waals surface area contributed by atoms with E-state index in [2.05, 4.69) is 0 Å². The van der Waals surface area contributed by atoms with Gasteiger partial charge in [0.25, 0.3) is 0 Å². The molecule has 6 heteroatoms. The van der Waals surface area contributed by atoms with Gasteiger partial charge in [0.2, 0.25) is 0 Å². The largest absolute Gasteiger partial charge is 0.384 e. The molecule has 1 atom stereocenters. The Kier molecular flexibility index (Phi) is 5.12. The van der Waals surface area contributed by atoms with Gasteiger partial charge in [-0.15, -0.1) is 0 Å². The number of nitrogens with one attached hydrogen (secondary N) is 1. The number of amidine groups is 1. The van der Waals surface area contributed by atoms with E-state index in [1.165, 1.54) is 0 Å². The molecule has 1 heterocycles. The summed E-state index contributed by atoms with van der Waals surface area (Å²) in [6.45, 7) is 3.76. The molecule has 0 saturated carbocycles. The van der Waals surface area contributed by atoms with Crippen LogP contribution in [0.15, 0.2) is 12.1 Å². The standard InChI is InChI=1S/C15H21F2N3O/c1-2-6-21-11-4-3-5-20(9-11)14-12(16)7-10(15(18)19)8-13(14)17/h7-8,11H,2-6,9H2,1H3,(H3,18,19). The third-order valence-corrected chi connectivity index (χ3v) is 3.58. The van der Waals surface area contributed by atoms with Gasteiger partial charge in [0, 0.05) is 25.3 Å². The van der Waals surface area contributed by atoms with E-state index >= 15 is 0 Å². The van der Waals surface area contributed by atoms with Gasteiger partial charge in [-0.05, 0) is 31.4 Å². The first-order valence-corrected chi connectivity index (χ1v) is 7.23. The Bertz CT molecular complexity index is 499. The fourth-order valence-electron chi connectivity index (χ4n) is 2.58. The van der Waals surface area contributed by atoms with Crippen LogP contribution in [0.2, 0.25) is 0 Å². The third-order valence-electron chi connectivity index (χ3n) is 3.58. The molecule has 2 rings (SSSR count). The quantitative estimate of drug-likeness (QED) is 0.649. The first-order valence-electron chi connectivity index (χ1n) is 7.23. The van der Waals surface area contributed by atoms with Crippen molar-refractivity contribution < 1.29 is 13.5 Å². The van der Waals surface area contributed by atoms with Crippen molar-refractivity contribution in [3.05, 3.63) is 29.3 Å². The van der Waals surface area contributed by atoms with Crippen molar-refractivity contribution >= 4 is 11.5 Å². The minimum Gasteiger partial charge on any atom is -0.384 e. The summed E-state index contributed by atoms with van der Waals surface area (Å²) >= 11 is 0. The Hall–Kier alpha value is -1.69. The van der Waals surface area contributed by atoms with E-state index in [1.807, 2.05) is 6.92 Å². The van der Waals surface area contributed by atoms with E-state index in [9.17, 15) is 8.78 Å². The lowest BCUT2D eigenvalue weighted by Crippen LogP contribution is -2.40. The van der Waals surface area contributed by atoms with Crippen molar-refractivity contribution in [1.82, 2.24) is 0 Å². The number of hydrogen-bond acceptors (Lipinski definition) is 3. The summed E-state index contributed by atoms with van der Waals surface area (Å²) in [4.78, 5) is 1.68. The maximum atomic E-state index is 14.2. The van der Waals surface area contributed by atoms with Gasteiger partial charge in [0.05, 0.1) is 6.10 Å². The number of nitrogens with two attached hydrogens (primary N) is 1. The zero-order valence-electron chi connectivity index (χ0n) is 12.2. The van der Waals surface area contributed by atoms with E-state index < -0.39 is 11.6 Å². The molecule has 0 bridgehead atoms. The van der Waals surface area contributed by atoms with Crippen LogP contribution in [0.25, 0.3) is 0 Å². The van der Waals surface area contributed by atoms with Crippen LogP contribution in [0, 0.1) is 17.0 Å². The lowest BCUT2D eigenvalue weighted by molar-refractivity contribution is 0.0438. The van der Waals surface area contributed by atoms with Gasteiger partial charge in [-0.1, -0.05) is 6.92 Å². The predicted molar refractivity (Wildman–Crippen MR) is 78.9 cm³/mol. The fraction of sp³-hybridized carbons (Fsp3) is 0.533. The number of ether oxygens (including phenoxy) is 1. The van der Waals surface area contributed by atoms with E-state index in [4.69, 9.17) is 15.9 Å². The van der Waals surface area contributed by atoms with Crippen molar-refractivity contribution in [3.63, 3.8) is 0 Å². The molecular weight excluding hydrogens is 276 g/mol. The first kappa shape index (κ1) is 15.7. The second kappa shape index (κ2) is 6.85. The zero-order chi connectivity index (χ0) is 15.4. The average Bonchev–Trinajstić information content (AvgIpc) is 2.44. The predicted octanol–water partition coefficient (Wildman–Crippen LogP) is 2.64. The highest BCUT2D eigenvalue weighted by atomic mass is 19.1. The number of benzene rings is 1. The van der Waals surface area contributed by atoms with Crippen LogP contribution < -0.4 is 10.6 Å². The fourth-order valence-corrected chi connectivity index (χ4v) is 2.58. The van der Waals surface area contributed by atoms with Crippen LogP contribution >= 0.6 is 0 Å². The molecule has 116 valence electrons. The number of rotatable bonds is 5. The van der Waals surface area contributed by atoms with Gasteiger partial charge in [0.15, 0.2) is 0 Å². The lowest BCUT2D eigenvalue weighted by Gasteiger charge is -2.34. The van der Waals surface area contributed by atoms with Crippen LogP contribution in [-0.4, -0.2) is 31.6 Å². The van der Waals surface area contributed by atoms with E-state index in [0.717, 1.165) is 31.4 Å². The smallest absolute Gasteiger partial charge is 0.150 e. The topological polar surface area (TPSA) is 62.3 Å². The van der Waals surface area contributed by atoms with Crippen molar-refractivity contribution in [2.75, 3.05) is 24.6 Å². The Morgan fingerprint density at radius 2 is 2.10 bits per heavy atom. The summed E-state index contributed by atoms with van der Waals surface area (Å²) in [6.07, 6.45) is 2.67. The zero-order valence-corrected chi connectivity index (χ0v) is 12.2. The third kappa shape index (κ3) is 3.69. The molecule has 1 fully saturated rings. The van der Waals surface area contributed by atoms with Gasteiger partial charge in [-0.3, -0.25) is 5.41 Å². The summed E-state index contributed by atoms with van der Waals surface area (Å²) in [6, 6.07) is 2.22. The van der Waals surface area contributed by atoms with Crippen molar-refractivity contribution in [3.8, 4) is 0 Å². The first-order chi connectivity index (χ1) is 10.0. The highest BCUT2D eigenvalue weighted by Crippen LogP contribution is 2.28. The van der Waals surface area contributed by atoms with Crippen LogP contribution in [0.3, 0.4) is 0 Å². The molecule has 0 amide bonds.